The molecule has 0 aromatic rings. The molecule has 0 bridgehead atoms. The van der Waals surface area contributed by atoms with Crippen molar-refractivity contribution in [3.05, 3.63) is 18.1 Å². The van der Waals surface area contributed by atoms with E-state index in [1.165, 1.54) is 6.42 Å². The molecule has 8 fully saturated rings. The molecule has 8 aliphatic rings. The number of hydrogen-bond acceptors (Lipinski definition) is 8. The molecule has 5 saturated carbocycles. The molecule has 0 aromatic heterocycles. The molecule has 1 unspecified atom stereocenters. The van der Waals surface area contributed by atoms with E-state index in [9.17, 15) is 20.1 Å². The number of hydrogen-bond donors (Lipinski definition) is 3. The monoisotopic (exact) mass is 698 g/mol. The maximum Gasteiger partial charge on any atom is 0.223 e. The Balaban J connectivity index is 0.974. The van der Waals surface area contributed by atoms with Crippen LogP contribution in [0, 0.1) is 68.9 Å². The molecular formula is C41H64NO8. The summed E-state index contributed by atoms with van der Waals surface area (Å²) in [7, 11) is 0. The molecule has 8 rings (SSSR count). The van der Waals surface area contributed by atoms with Gasteiger partial charge >= 0.3 is 0 Å². The van der Waals surface area contributed by atoms with Crippen molar-refractivity contribution < 1.29 is 39.1 Å². The highest BCUT2D eigenvalue weighted by Crippen LogP contribution is 2.90. The van der Waals surface area contributed by atoms with Crippen LogP contribution in [0.1, 0.15) is 119 Å². The van der Waals surface area contributed by atoms with Crippen molar-refractivity contribution >= 4 is 5.91 Å². The summed E-state index contributed by atoms with van der Waals surface area (Å²) in [6.07, 6.45) is 9.79. The minimum Gasteiger partial charge on any atom is -0.389 e. The van der Waals surface area contributed by atoms with Crippen molar-refractivity contribution in [2.24, 2.45) is 50.7 Å². The first-order valence-electron chi connectivity index (χ1n) is 20.0. The summed E-state index contributed by atoms with van der Waals surface area (Å²) >= 11 is 0. The van der Waals surface area contributed by atoms with Gasteiger partial charge in [0.15, 0.2) is 6.29 Å². The van der Waals surface area contributed by atoms with Gasteiger partial charge in [-0.15, -0.1) is 0 Å². The van der Waals surface area contributed by atoms with Crippen LogP contribution in [-0.2, 0) is 23.7 Å². The van der Waals surface area contributed by atoms with Crippen LogP contribution in [-0.4, -0.2) is 89.2 Å². The number of rotatable bonds is 6. The van der Waals surface area contributed by atoms with Gasteiger partial charge < -0.3 is 39.2 Å². The van der Waals surface area contributed by atoms with E-state index in [1.807, 2.05) is 4.90 Å². The van der Waals surface area contributed by atoms with Crippen molar-refractivity contribution in [2.75, 3.05) is 32.9 Å². The summed E-state index contributed by atoms with van der Waals surface area (Å²) in [5, 5.41) is 34.0. The highest BCUT2D eigenvalue weighted by molar-refractivity contribution is 5.76. The van der Waals surface area contributed by atoms with E-state index >= 15 is 0 Å². The van der Waals surface area contributed by atoms with Gasteiger partial charge in [0.25, 0.3) is 0 Å². The van der Waals surface area contributed by atoms with E-state index in [0.717, 1.165) is 70.7 Å². The second-order valence-corrected chi connectivity index (χ2v) is 19.6. The average molecular weight is 699 g/mol. The molecule has 1 amide bonds. The van der Waals surface area contributed by atoms with Gasteiger partial charge in [-0.05, 0) is 123 Å². The number of nitrogens with zero attached hydrogens (tertiary/aromatic N) is 1. The Morgan fingerprint density at radius 3 is 2.52 bits per heavy atom. The lowest BCUT2D eigenvalue weighted by atomic mass is 9.41. The van der Waals surface area contributed by atoms with Crippen LogP contribution in [0.2, 0.25) is 0 Å². The molecule has 5 aliphatic carbocycles. The van der Waals surface area contributed by atoms with Crippen LogP contribution >= 0.6 is 0 Å². The molecule has 9 heteroatoms. The minimum absolute atomic E-state index is 0.0432. The number of carbonyl (C=O) groups excluding carboxylic acids is 1. The lowest BCUT2D eigenvalue weighted by molar-refractivity contribution is -0.242. The number of fused-ring (bicyclic) bond motifs is 4. The van der Waals surface area contributed by atoms with Gasteiger partial charge in [-0.1, -0.05) is 34.6 Å². The van der Waals surface area contributed by atoms with Crippen LogP contribution in [0.3, 0.4) is 0 Å². The summed E-state index contributed by atoms with van der Waals surface area (Å²) in [5.74, 6) is 3.04. The predicted molar refractivity (Wildman–Crippen MR) is 186 cm³/mol. The first-order chi connectivity index (χ1) is 23.5. The van der Waals surface area contributed by atoms with Crippen molar-refractivity contribution in [3.63, 3.8) is 0 Å². The largest absolute Gasteiger partial charge is 0.389 e. The van der Waals surface area contributed by atoms with Gasteiger partial charge in [0.05, 0.1) is 31.0 Å². The summed E-state index contributed by atoms with van der Waals surface area (Å²) in [6, 6.07) is 0. The molecule has 50 heavy (non-hydrogen) atoms. The van der Waals surface area contributed by atoms with E-state index in [-0.39, 0.29) is 51.8 Å². The zero-order valence-electron chi connectivity index (χ0n) is 31.8. The van der Waals surface area contributed by atoms with Gasteiger partial charge in [0.1, 0.15) is 18.3 Å². The van der Waals surface area contributed by atoms with Gasteiger partial charge in [-0.2, -0.15) is 0 Å². The van der Waals surface area contributed by atoms with Crippen LogP contribution in [0.15, 0.2) is 0 Å². The SMILES string of the molecule is C[C@@H]1C[C]([C@H](O)C(C)(C)O)O[C]2[C@H]1[C@@]1(C)CC[C@@]34C[C@@]35CCC(O[C@H]3CN(C(=O)CC6CCOCC6)CCO3)C(C)(C)[C@@H]5CC[C]4[C@]1(C)[C@H]2O. The summed E-state index contributed by atoms with van der Waals surface area (Å²) in [6.45, 7) is 18.2. The molecule has 3 aliphatic heterocycles. The number of carbonyl (C=O) groups is 1. The first kappa shape index (κ1) is 36.2. The Labute approximate surface area is 300 Å². The minimum atomic E-state index is -1.32. The maximum absolute atomic E-state index is 13.3. The fourth-order valence-electron chi connectivity index (χ4n) is 13.7. The zero-order chi connectivity index (χ0) is 35.6. The molecule has 0 aromatic carbocycles. The molecule has 3 saturated heterocycles. The fraction of sp³-hybridized carbons (Fsp3) is 0.902. The predicted octanol–water partition coefficient (Wildman–Crippen LogP) is 5.60. The Morgan fingerprint density at radius 1 is 1.06 bits per heavy atom. The second kappa shape index (κ2) is 12.1. The van der Waals surface area contributed by atoms with Gasteiger partial charge in [0.2, 0.25) is 5.91 Å². The fourth-order valence-corrected chi connectivity index (χ4v) is 13.7. The third kappa shape index (κ3) is 5.05. The number of ether oxygens (including phenoxy) is 4. The topological polar surface area (TPSA) is 118 Å². The number of amides is 1. The van der Waals surface area contributed by atoms with E-state index in [4.69, 9.17) is 18.9 Å². The summed E-state index contributed by atoms with van der Waals surface area (Å²) < 4.78 is 25.1. The molecule has 11 atom stereocenters. The summed E-state index contributed by atoms with van der Waals surface area (Å²) in [4.78, 5) is 15.2. The number of aliphatic hydroxyl groups excluding tert-OH is 2. The number of aliphatic hydroxyl groups is 3. The van der Waals surface area contributed by atoms with E-state index in [0.29, 0.717) is 50.5 Å². The van der Waals surface area contributed by atoms with Crippen molar-refractivity contribution in [3.8, 4) is 0 Å². The lowest BCUT2D eigenvalue weighted by Gasteiger charge is -2.63. The van der Waals surface area contributed by atoms with Gasteiger partial charge in [-0.25, -0.2) is 0 Å². The lowest BCUT2D eigenvalue weighted by Crippen LogP contribution is -2.59. The van der Waals surface area contributed by atoms with E-state index in [2.05, 4.69) is 34.6 Å². The first-order valence-corrected chi connectivity index (χ1v) is 20.0. The third-order valence-electron chi connectivity index (χ3n) is 16.5. The molecule has 3 radical (unpaired) electrons. The normalized spacial score (nSPS) is 47.4. The Bertz CT molecular complexity index is 1310. The Hall–Kier alpha value is -0.810. The van der Waals surface area contributed by atoms with Gasteiger partial charge in [-0.3, -0.25) is 4.79 Å². The maximum atomic E-state index is 13.3. The van der Waals surface area contributed by atoms with Crippen molar-refractivity contribution in [1.29, 1.82) is 0 Å². The van der Waals surface area contributed by atoms with Crippen LogP contribution in [0.25, 0.3) is 0 Å². The van der Waals surface area contributed by atoms with E-state index < -0.39 is 23.2 Å². The third-order valence-corrected chi connectivity index (χ3v) is 16.5. The summed E-state index contributed by atoms with van der Waals surface area (Å²) in [5.41, 5.74) is -1.53. The molecule has 9 nitrogen and oxygen atoms in total. The van der Waals surface area contributed by atoms with Gasteiger partial charge in [0, 0.05) is 37.5 Å². The highest BCUT2D eigenvalue weighted by Gasteiger charge is 2.85. The van der Waals surface area contributed by atoms with E-state index in [1.54, 1.807) is 19.8 Å². The average Bonchev–Trinajstić information content (AvgIpc) is 3.70. The molecule has 2 spiro atoms. The quantitative estimate of drug-likeness (QED) is 0.328. The van der Waals surface area contributed by atoms with Crippen LogP contribution in [0.4, 0.5) is 0 Å². The second-order valence-electron chi connectivity index (χ2n) is 19.6. The Kier molecular flexibility index (Phi) is 8.75. The zero-order valence-corrected chi connectivity index (χ0v) is 31.8. The molecular weight excluding hydrogens is 634 g/mol. The standard InChI is InChI=1S/C41H64NO8/c1-24-20-26(34(44)37(4,5)46)49-33-32(24)38(6)14-15-41-23-40(41)13-10-29(36(2,3)27(40)8-9-28(41)39(38,7)35(33)45)50-31-22-42(16-19-48-31)30(43)21-25-11-17-47-18-12-25/h24-25,27,29,31-32,34-35,44-46H,8-23H2,1-7H3/t24-,27+,29?,31+,32+,34+,35+,38-,39-,40-,41+/m1/s1. The highest BCUT2D eigenvalue weighted by atomic mass is 16.7. The molecule has 281 valence electrons. The Morgan fingerprint density at radius 2 is 1.80 bits per heavy atom. The number of morpholine rings is 1. The smallest absolute Gasteiger partial charge is 0.223 e. The van der Waals surface area contributed by atoms with Crippen molar-refractivity contribution in [2.45, 2.75) is 149 Å². The van der Waals surface area contributed by atoms with Crippen LogP contribution in [0.5, 0.6) is 0 Å². The van der Waals surface area contributed by atoms with Crippen LogP contribution < -0.4 is 0 Å². The molecule has 3 N–H and O–H groups in total. The van der Waals surface area contributed by atoms with Crippen molar-refractivity contribution in [1.82, 2.24) is 4.90 Å². The molecule has 3 heterocycles.